The zero-order valence-corrected chi connectivity index (χ0v) is 10.8. The van der Waals surface area contributed by atoms with Crippen LogP contribution in [0, 0.1) is 13.8 Å². The smallest absolute Gasteiger partial charge is 0.122 e. The average Bonchev–Trinajstić information content (AvgIpc) is 2.28. The van der Waals surface area contributed by atoms with E-state index in [-0.39, 0.29) is 6.61 Å². The molecule has 0 aromatic heterocycles. The summed E-state index contributed by atoms with van der Waals surface area (Å²) in [6.45, 7) is 5.16. The Balaban J connectivity index is 2.23. The van der Waals surface area contributed by atoms with Gasteiger partial charge in [-0.3, -0.25) is 0 Å². The quantitative estimate of drug-likeness (QED) is 0.743. The molecule has 0 aliphatic carbocycles. The van der Waals surface area contributed by atoms with Crippen LogP contribution < -0.4 is 4.74 Å². The SMILES string of the molecule is Cc1ccc(C)c(OCCCSCCO)c1. The van der Waals surface area contributed by atoms with Gasteiger partial charge in [0.1, 0.15) is 5.75 Å². The second-order valence-corrected chi connectivity index (χ2v) is 5.03. The minimum Gasteiger partial charge on any atom is -0.493 e. The first-order valence-electron chi connectivity index (χ1n) is 5.62. The first kappa shape index (κ1) is 13.4. The van der Waals surface area contributed by atoms with Crippen molar-refractivity contribution in [3.05, 3.63) is 29.3 Å². The topological polar surface area (TPSA) is 29.5 Å². The van der Waals surface area contributed by atoms with Crippen molar-refractivity contribution in [2.75, 3.05) is 24.7 Å². The van der Waals surface area contributed by atoms with Gasteiger partial charge in [0, 0.05) is 5.75 Å². The molecule has 0 heterocycles. The molecule has 0 saturated heterocycles. The largest absolute Gasteiger partial charge is 0.493 e. The van der Waals surface area contributed by atoms with E-state index < -0.39 is 0 Å². The standard InChI is InChI=1S/C13H20O2S/c1-11-4-5-12(2)13(10-11)15-7-3-8-16-9-6-14/h4-5,10,14H,3,6-9H2,1-2H3. The monoisotopic (exact) mass is 240 g/mol. The summed E-state index contributed by atoms with van der Waals surface area (Å²) < 4.78 is 5.72. The van der Waals surface area contributed by atoms with Crippen LogP contribution in [0.1, 0.15) is 17.5 Å². The highest BCUT2D eigenvalue weighted by atomic mass is 32.2. The second kappa shape index (κ2) is 7.58. The van der Waals surface area contributed by atoms with Gasteiger partial charge in [0.25, 0.3) is 0 Å². The molecule has 0 amide bonds. The van der Waals surface area contributed by atoms with E-state index >= 15 is 0 Å². The molecular weight excluding hydrogens is 220 g/mol. The van der Waals surface area contributed by atoms with Crippen LogP contribution in [-0.2, 0) is 0 Å². The average molecular weight is 240 g/mol. The molecule has 1 rings (SSSR count). The van der Waals surface area contributed by atoms with E-state index in [2.05, 4.69) is 32.0 Å². The van der Waals surface area contributed by atoms with Gasteiger partial charge in [-0.15, -0.1) is 0 Å². The van der Waals surface area contributed by atoms with Crippen molar-refractivity contribution >= 4 is 11.8 Å². The second-order valence-electron chi connectivity index (χ2n) is 3.81. The molecule has 1 aromatic rings. The van der Waals surface area contributed by atoms with Crippen molar-refractivity contribution in [3.63, 3.8) is 0 Å². The number of benzene rings is 1. The molecule has 1 aromatic carbocycles. The number of hydrogen-bond acceptors (Lipinski definition) is 3. The van der Waals surface area contributed by atoms with Gasteiger partial charge in [-0.05, 0) is 43.2 Å². The summed E-state index contributed by atoms with van der Waals surface area (Å²) in [6.07, 6.45) is 1.03. The lowest BCUT2D eigenvalue weighted by Gasteiger charge is -2.09. The summed E-state index contributed by atoms with van der Waals surface area (Å²) in [5, 5.41) is 8.62. The van der Waals surface area contributed by atoms with Gasteiger partial charge in [0.15, 0.2) is 0 Å². The zero-order chi connectivity index (χ0) is 11.8. The highest BCUT2D eigenvalue weighted by Gasteiger charge is 1.99. The predicted molar refractivity (Wildman–Crippen MR) is 70.4 cm³/mol. The molecule has 0 radical (unpaired) electrons. The number of aryl methyl sites for hydroxylation is 2. The van der Waals surface area contributed by atoms with Crippen molar-refractivity contribution in [3.8, 4) is 5.75 Å². The molecule has 2 nitrogen and oxygen atoms in total. The van der Waals surface area contributed by atoms with Gasteiger partial charge >= 0.3 is 0 Å². The number of rotatable bonds is 7. The fourth-order valence-electron chi connectivity index (χ4n) is 1.37. The molecule has 16 heavy (non-hydrogen) atoms. The van der Waals surface area contributed by atoms with Crippen LogP contribution in [0.15, 0.2) is 18.2 Å². The first-order chi connectivity index (χ1) is 7.74. The Labute approximate surface area is 102 Å². The molecule has 0 spiro atoms. The zero-order valence-electron chi connectivity index (χ0n) is 10.0. The van der Waals surface area contributed by atoms with Crippen LogP contribution >= 0.6 is 11.8 Å². The molecule has 0 atom stereocenters. The van der Waals surface area contributed by atoms with E-state index in [1.807, 2.05) is 0 Å². The third-order valence-corrected chi connectivity index (χ3v) is 3.32. The molecule has 3 heteroatoms. The summed E-state index contributed by atoms with van der Waals surface area (Å²) in [5.41, 5.74) is 2.42. The van der Waals surface area contributed by atoms with Gasteiger partial charge in [-0.25, -0.2) is 0 Å². The van der Waals surface area contributed by atoms with E-state index in [0.29, 0.717) is 0 Å². The minimum absolute atomic E-state index is 0.266. The summed E-state index contributed by atoms with van der Waals surface area (Å²) in [6, 6.07) is 6.26. The fraction of sp³-hybridized carbons (Fsp3) is 0.538. The number of thioether (sulfide) groups is 1. The Bertz CT molecular complexity index is 313. The lowest BCUT2D eigenvalue weighted by Crippen LogP contribution is -2.01. The van der Waals surface area contributed by atoms with E-state index in [0.717, 1.165) is 30.3 Å². The van der Waals surface area contributed by atoms with Gasteiger partial charge in [0.2, 0.25) is 0 Å². The maximum absolute atomic E-state index is 8.62. The highest BCUT2D eigenvalue weighted by molar-refractivity contribution is 7.99. The maximum atomic E-state index is 8.62. The molecular formula is C13H20O2S. The molecule has 0 unspecified atom stereocenters. The van der Waals surface area contributed by atoms with Crippen LogP contribution in [0.3, 0.4) is 0 Å². The van der Waals surface area contributed by atoms with Crippen LogP contribution in [0.5, 0.6) is 5.75 Å². The molecule has 0 aliphatic heterocycles. The van der Waals surface area contributed by atoms with E-state index in [4.69, 9.17) is 9.84 Å². The number of aliphatic hydroxyl groups excluding tert-OH is 1. The lowest BCUT2D eigenvalue weighted by molar-refractivity contribution is 0.315. The predicted octanol–water partition coefficient (Wildman–Crippen LogP) is 2.80. The Hall–Kier alpha value is -0.670. The number of ether oxygens (including phenoxy) is 1. The first-order valence-corrected chi connectivity index (χ1v) is 6.78. The summed E-state index contributed by atoms with van der Waals surface area (Å²) >= 11 is 1.77. The van der Waals surface area contributed by atoms with E-state index in [1.54, 1.807) is 11.8 Å². The fourth-order valence-corrected chi connectivity index (χ4v) is 2.03. The van der Waals surface area contributed by atoms with Crippen LogP contribution in [-0.4, -0.2) is 29.8 Å². The number of aliphatic hydroxyl groups is 1. The van der Waals surface area contributed by atoms with Gasteiger partial charge in [-0.2, -0.15) is 11.8 Å². The Kier molecular flexibility index (Phi) is 6.34. The van der Waals surface area contributed by atoms with Gasteiger partial charge in [0.05, 0.1) is 13.2 Å². The van der Waals surface area contributed by atoms with Crippen molar-refractivity contribution in [1.29, 1.82) is 0 Å². The van der Waals surface area contributed by atoms with Gasteiger partial charge in [-0.1, -0.05) is 12.1 Å². The van der Waals surface area contributed by atoms with Gasteiger partial charge < -0.3 is 9.84 Å². The van der Waals surface area contributed by atoms with Crippen molar-refractivity contribution in [2.45, 2.75) is 20.3 Å². The minimum atomic E-state index is 0.266. The molecule has 1 N–H and O–H groups in total. The van der Waals surface area contributed by atoms with Crippen molar-refractivity contribution in [2.24, 2.45) is 0 Å². The van der Waals surface area contributed by atoms with E-state index in [9.17, 15) is 0 Å². The molecule has 0 bridgehead atoms. The third kappa shape index (κ3) is 4.90. The Morgan fingerprint density at radius 2 is 2.06 bits per heavy atom. The summed E-state index contributed by atoms with van der Waals surface area (Å²) in [5.74, 6) is 2.86. The van der Waals surface area contributed by atoms with Crippen LogP contribution in [0.4, 0.5) is 0 Å². The maximum Gasteiger partial charge on any atom is 0.122 e. The highest BCUT2D eigenvalue weighted by Crippen LogP contribution is 2.19. The van der Waals surface area contributed by atoms with Crippen LogP contribution in [0.2, 0.25) is 0 Å². The van der Waals surface area contributed by atoms with Crippen molar-refractivity contribution in [1.82, 2.24) is 0 Å². The molecule has 0 aliphatic rings. The normalized spacial score (nSPS) is 10.4. The molecule has 0 saturated carbocycles. The third-order valence-electron chi connectivity index (χ3n) is 2.27. The summed E-state index contributed by atoms with van der Waals surface area (Å²) in [7, 11) is 0. The molecule has 90 valence electrons. The Morgan fingerprint density at radius 1 is 1.25 bits per heavy atom. The summed E-state index contributed by atoms with van der Waals surface area (Å²) in [4.78, 5) is 0. The lowest BCUT2D eigenvalue weighted by atomic mass is 10.1. The van der Waals surface area contributed by atoms with Crippen LogP contribution in [0.25, 0.3) is 0 Å². The molecule has 0 fully saturated rings. The Morgan fingerprint density at radius 3 is 2.81 bits per heavy atom. The number of hydrogen-bond donors (Lipinski definition) is 1. The van der Waals surface area contributed by atoms with E-state index in [1.165, 1.54) is 11.1 Å². The van der Waals surface area contributed by atoms with Crippen molar-refractivity contribution < 1.29 is 9.84 Å².